The largest absolute Gasteiger partial charge is 0.291 e. The third kappa shape index (κ3) is 4.45. The molecule has 1 fully saturated rings. The summed E-state index contributed by atoms with van der Waals surface area (Å²) in [5.41, 5.74) is 6.29. The number of aromatic nitrogens is 3. The summed E-state index contributed by atoms with van der Waals surface area (Å²) in [5.74, 6) is -0.435. The lowest BCUT2D eigenvalue weighted by Crippen LogP contribution is -2.33. The average molecular weight is 387 g/mol. The van der Waals surface area contributed by atoms with E-state index >= 15 is 0 Å². The molecule has 1 saturated heterocycles. The summed E-state index contributed by atoms with van der Waals surface area (Å²) in [7, 11) is 0. The number of amides is 1. The van der Waals surface area contributed by atoms with E-state index in [0.29, 0.717) is 19.5 Å². The smallest absolute Gasteiger partial charge is 0.267 e. The van der Waals surface area contributed by atoms with Crippen LogP contribution in [0.1, 0.15) is 47.5 Å². The molecular formula is C20H26FN5O2. The highest BCUT2D eigenvalue weighted by Crippen LogP contribution is 2.35. The summed E-state index contributed by atoms with van der Waals surface area (Å²) in [4.78, 5) is 17.6. The van der Waals surface area contributed by atoms with Gasteiger partial charge in [0.25, 0.3) is 5.91 Å². The molecule has 0 bridgehead atoms. The van der Waals surface area contributed by atoms with Gasteiger partial charge in [0.05, 0.1) is 11.4 Å². The second-order valence-electron chi connectivity index (χ2n) is 7.36. The highest BCUT2D eigenvalue weighted by atomic mass is 19.1. The van der Waals surface area contributed by atoms with Crippen LogP contribution in [0.3, 0.4) is 0 Å². The molecule has 0 aromatic carbocycles. The first-order chi connectivity index (χ1) is 13.4. The Morgan fingerprint density at radius 1 is 1.50 bits per heavy atom. The second kappa shape index (κ2) is 8.62. The number of carbonyl (C=O) groups is 1. The molecular weight excluding hydrogens is 361 g/mol. The molecule has 7 nitrogen and oxygen atoms in total. The Morgan fingerprint density at radius 2 is 2.29 bits per heavy atom. The molecule has 1 amide bonds. The van der Waals surface area contributed by atoms with Gasteiger partial charge >= 0.3 is 0 Å². The molecule has 1 unspecified atom stereocenters. The van der Waals surface area contributed by atoms with Gasteiger partial charge in [0.1, 0.15) is 6.17 Å². The summed E-state index contributed by atoms with van der Waals surface area (Å²) >= 11 is 0. The first-order valence-electron chi connectivity index (χ1n) is 9.35. The highest BCUT2D eigenvalue weighted by molar-refractivity contribution is 5.90. The van der Waals surface area contributed by atoms with Crippen LogP contribution in [0, 0.1) is 13.8 Å². The number of aromatic amines is 1. The monoisotopic (exact) mass is 387 g/mol. The molecule has 0 saturated carbocycles. The number of pyridine rings is 1. The van der Waals surface area contributed by atoms with Crippen molar-refractivity contribution in [3.63, 3.8) is 0 Å². The van der Waals surface area contributed by atoms with Crippen molar-refractivity contribution in [2.45, 2.75) is 51.9 Å². The molecule has 2 aromatic heterocycles. The van der Waals surface area contributed by atoms with Gasteiger partial charge < -0.3 is 0 Å². The SMILES string of the molecule is Cc1n[nH]c(C)c1C(C)[C@@H]1C[C@@H](F)CN1Cc1ccc(/C=C/C(=O)NO)cn1. The van der Waals surface area contributed by atoms with Crippen LogP contribution < -0.4 is 5.48 Å². The Morgan fingerprint density at radius 3 is 2.89 bits per heavy atom. The third-order valence-corrected chi connectivity index (χ3v) is 5.37. The predicted octanol–water partition coefficient (Wildman–Crippen LogP) is 2.66. The quantitative estimate of drug-likeness (QED) is 0.402. The Hall–Kier alpha value is -2.58. The standard InChI is InChI=1S/C20H26FN5O2/c1-12(20-13(2)23-24-14(20)3)18-8-16(21)10-26(18)11-17-6-4-15(9-22-17)5-7-19(27)25-28/h4-7,9,12,16,18,28H,8,10-11H2,1-3H3,(H,23,24)(H,25,27)/b7-5+/t12?,16-,18+/m1/s1. The van der Waals surface area contributed by atoms with Crippen molar-refractivity contribution in [1.29, 1.82) is 0 Å². The number of rotatable bonds is 6. The van der Waals surface area contributed by atoms with Gasteiger partial charge in [-0.15, -0.1) is 0 Å². The molecule has 0 aliphatic carbocycles. The van der Waals surface area contributed by atoms with Crippen molar-refractivity contribution in [2.24, 2.45) is 0 Å². The number of halogens is 1. The van der Waals surface area contributed by atoms with Crippen molar-refractivity contribution in [3.05, 3.63) is 52.6 Å². The fourth-order valence-corrected chi connectivity index (χ4v) is 4.05. The number of hydroxylamine groups is 1. The van der Waals surface area contributed by atoms with E-state index in [1.165, 1.54) is 17.1 Å². The zero-order valence-corrected chi connectivity index (χ0v) is 16.3. The van der Waals surface area contributed by atoms with E-state index in [1.54, 1.807) is 12.3 Å². The van der Waals surface area contributed by atoms with Crippen LogP contribution in [0.4, 0.5) is 4.39 Å². The van der Waals surface area contributed by atoms with Crippen molar-refractivity contribution in [1.82, 2.24) is 25.6 Å². The molecule has 1 aliphatic heterocycles. The Bertz CT molecular complexity index is 829. The zero-order chi connectivity index (χ0) is 20.3. The first kappa shape index (κ1) is 20.2. The Kier molecular flexibility index (Phi) is 6.21. The normalized spacial score (nSPS) is 21.3. The van der Waals surface area contributed by atoms with Crippen molar-refractivity contribution >= 4 is 12.0 Å². The van der Waals surface area contributed by atoms with Crippen LogP contribution in [0.15, 0.2) is 24.4 Å². The number of H-pyrrole nitrogens is 1. The number of alkyl halides is 1. The zero-order valence-electron chi connectivity index (χ0n) is 16.3. The highest BCUT2D eigenvalue weighted by Gasteiger charge is 2.37. The molecule has 1 aliphatic rings. The second-order valence-corrected chi connectivity index (χ2v) is 7.36. The minimum Gasteiger partial charge on any atom is -0.291 e. The molecule has 3 rings (SSSR count). The van der Waals surface area contributed by atoms with Crippen LogP contribution in [-0.2, 0) is 11.3 Å². The van der Waals surface area contributed by atoms with Crippen molar-refractivity contribution in [2.75, 3.05) is 6.54 Å². The summed E-state index contributed by atoms with van der Waals surface area (Å²) in [6.07, 6.45) is 4.09. The number of carbonyl (C=O) groups excluding carboxylic acids is 1. The van der Waals surface area contributed by atoms with Crippen LogP contribution in [-0.4, -0.2) is 50.0 Å². The lowest BCUT2D eigenvalue weighted by Gasteiger charge is -2.29. The van der Waals surface area contributed by atoms with Gasteiger partial charge in [0.15, 0.2) is 0 Å². The van der Waals surface area contributed by atoms with E-state index in [9.17, 15) is 9.18 Å². The maximum absolute atomic E-state index is 14.3. The van der Waals surface area contributed by atoms with Gasteiger partial charge in [-0.2, -0.15) is 5.10 Å². The molecule has 3 N–H and O–H groups in total. The maximum Gasteiger partial charge on any atom is 0.267 e. The predicted molar refractivity (Wildman–Crippen MR) is 103 cm³/mol. The summed E-state index contributed by atoms with van der Waals surface area (Å²) in [6, 6.07) is 3.80. The average Bonchev–Trinajstić information content (AvgIpc) is 3.21. The summed E-state index contributed by atoms with van der Waals surface area (Å²) < 4.78 is 14.3. The van der Waals surface area contributed by atoms with Gasteiger partial charge in [-0.25, -0.2) is 9.87 Å². The van der Waals surface area contributed by atoms with Crippen molar-refractivity contribution < 1.29 is 14.4 Å². The number of hydrogen-bond acceptors (Lipinski definition) is 5. The number of nitrogens with one attached hydrogen (secondary N) is 2. The summed E-state index contributed by atoms with van der Waals surface area (Å²) in [6.45, 7) is 7.07. The van der Waals surface area contributed by atoms with Gasteiger partial charge in [-0.1, -0.05) is 13.0 Å². The maximum atomic E-state index is 14.3. The topological polar surface area (TPSA) is 94.1 Å². The van der Waals surface area contributed by atoms with Gasteiger partial charge in [-0.3, -0.25) is 25.0 Å². The number of likely N-dealkylation sites (tertiary alicyclic amines) is 1. The molecule has 28 heavy (non-hydrogen) atoms. The number of aryl methyl sites for hydroxylation is 2. The van der Waals surface area contributed by atoms with Crippen LogP contribution in [0.5, 0.6) is 0 Å². The van der Waals surface area contributed by atoms with Gasteiger partial charge in [0.2, 0.25) is 0 Å². The van der Waals surface area contributed by atoms with E-state index in [4.69, 9.17) is 5.21 Å². The van der Waals surface area contributed by atoms with E-state index in [-0.39, 0.29) is 12.0 Å². The lowest BCUT2D eigenvalue weighted by molar-refractivity contribution is -0.124. The Labute approximate surface area is 163 Å². The van der Waals surface area contributed by atoms with E-state index in [0.717, 1.165) is 22.6 Å². The van der Waals surface area contributed by atoms with Crippen LogP contribution in [0.2, 0.25) is 0 Å². The fourth-order valence-electron chi connectivity index (χ4n) is 4.05. The number of nitrogens with zero attached hydrogens (tertiary/aromatic N) is 3. The van der Waals surface area contributed by atoms with E-state index < -0.39 is 12.1 Å². The van der Waals surface area contributed by atoms with Gasteiger partial charge in [-0.05, 0) is 38.0 Å². The minimum absolute atomic E-state index is 0.0830. The molecule has 8 heteroatoms. The fraction of sp³-hybridized carbons (Fsp3) is 0.450. The Balaban J connectivity index is 1.71. The van der Waals surface area contributed by atoms with E-state index in [1.807, 2.05) is 26.0 Å². The third-order valence-electron chi connectivity index (χ3n) is 5.37. The van der Waals surface area contributed by atoms with E-state index in [2.05, 4.69) is 27.0 Å². The summed E-state index contributed by atoms with van der Waals surface area (Å²) in [5, 5.41) is 15.8. The molecule has 150 valence electrons. The lowest BCUT2D eigenvalue weighted by atomic mass is 9.90. The van der Waals surface area contributed by atoms with Crippen molar-refractivity contribution in [3.8, 4) is 0 Å². The molecule has 3 heterocycles. The van der Waals surface area contributed by atoms with Crippen LogP contribution >= 0.6 is 0 Å². The molecule has 3 atom stereocenters. The first-order valence-corrected chi connectivity index (χ1v) is 9.35. The minimum atomic E-state index is -0.848. The number of hydrogen-bond donors (Lipinski definition) is 3. The molecule has 0 spiro atoms. The van der Waals surface area contributed by atoms with Crippen LogP contribution in [0.25, 0.3) is 6.08 Å². The van der Waals surface area contributed by atoms with Gasteiger partial charge in [0, 0.05) is 48.6 Å². The molecule has 0 radical (unpaired) electrons. The molecule has 2 aromatic rings.